The van der Waals surface area contributed by atoms with Crippen molar-refractivity contribution in [3.8, 4) is 40.1 Å². The van der Waals surface area contributed by atoms with E-state index in [-0.39, 0.29) is 33.8 Å². The minimum absolute atomic E-state index is 0.0495. The van der Waals surface area contributed by atoms with Gasteiger partial charge in [-0.3, -0.25) is 4.79 Å². The van der Waals surface area contributed by atoms with Gasteiger partial charge in [-0.2, -0.15) is 0 Å². The molecular formula is C30H26O13. The Labute approximate surface area is 242 Å². The van der Waals surface area contributed by atoms with E-state index in [2.05, 4.69) is 0 Å². The van der Waals surface area contributed by atoms with E-state index >= 15 is 0 Å². The van der Waals surface area contributed by atoms with Crippen molar-refractivity contribution in [2.75, 3.05) is 6.61 Å². The van der Waals surface area contributed by atoms with E-state index in [1.165, 1.54) is 42.5 Å². The standard InChI is InChI=1S/C30H26O13/c31-16-6-1-14(2-7-16)3-10-22(35)40-13-21-24(36)26(38)27(39)30(42-21)43-29-25(37)23-19(34)11-18(33)12-20(23)41-28(29)15-4-8-17(32)9-5-15/h1-12,21,24,26-27,30-34,36,38-39H,13H2/b10-3+/t21-,24+,26+,27-,30+/m1/s1. The minimum Gasteiger partial charge on any atom is -0.508 e. The second kappa shape index (κ2) is 12.0. The van der Waals surface area contributed by atoms with Crippen molar-refractivity contribution in [2.24, 2.45) is 0 Å². The van der Waals surface area contributed by atoms with Crippen LogP contribution in [0, 0.1) is 0 Å². The van der Waals surface area contributed by atoms with Gasteiger partial charge in [-0.1, -0.05) is 12.1 Å². The Bertz CT molecular complexity index is 1710. The van der Waals surface area contributed by atoms with Gasteiger partial charge >= 0.3 is 5.97 Å². The van der Waals surface area contributed by atoms with Crippen LogP contribution in [-0.2, 0) is 14.3 Å². The fourth-order valence-corrected chi connectivity index (χ4v) is 4.41. The molecule has 224 valence electrons. The summed E-state index contributed by atoms with van der Waals surface area (Å²) in [5.74, 6) is -2.70. The summed E-state index contributed by atoms with van der Waals surface area (Å²) < 4.78 is 22.2. The van der Waals surface area contributed by atoms with Crippen molar-refractivity contribution >= 4 is 23.0 Å². The highest BCUT2D eigenvalue weighted by molar-refractivity contribution is 5.88. The summed E-state index contributed by atoms with van der Waals surface area (Å²) in [6.07, 6.45) is -6.17. The van der Waals surface area contributed by atoms with Crippen molar-refractivity contribution in [1.82, 2.24) is 0 Å². The quantitative estimate of drug-likeness (QED) is 0.120. The van der Waals surface area contributed by atoms with Crippen LogP contribution in [0.5, 0.6) is 28.7 Å². The number of hydrogen-bond acceptors (Lipinski definition) is 13. The predicted molar refractivity (Wildman–Crippen MR) is 148 cm³/mol. The van der Waals surface area contributed by atoms with Crippen LogP contribution in [0.25, 0.3) is 28.4 Å². The molecule has 1 fully saturated rings. The summed E-state index contributed by atoms with van der Waals surface area (Å²) in [5, 5.41) is 70.6. The van der Waals surface area contributed by atoms with Crippen molar-refractivity contribution < 1.29 is 59.2 Å². The molecule has 4 aromatic rings. The summed E-state index contributed by atoms with van der Waals surface area (Å²) in [6.45, 7) is -0.583. The fourth-order valence-electron chi connectivity index (χ4n) is 4.41. The average molecular weight is 595 g/mol. The molecule has 0 saturated carbocycles. The van der Waals surface area contributed by atoms with Crippen LogP contribution < -0.4 is 10.2 Å². The molecule has 2 heterocycles. The number of phenolic OH excluding ortho intramolecular Hbond substituents is 4. The van der Waals surface area contributed by atoms with Gasteiger partial charge in [0, 0.05) is 23.8 Å². The van der Waals surface area contributed by atoms with Gasteiger partial charge in [0.1, 0.15) is 65.0 Å². The summed E-state index contributed by atoms with van der Waals surface area (Å²) in [5.41, 5.74) is -0.328. The number of benzene rings is 3. The van der Waals surface area contributed by atoms with Gasteiger partial charge in [0.2, 0.25) is 17.5 Å². The Kier molecular flexibility index (Phi) is 8.23. The van der Waals surface area contributed by atoms with Crippen LogP contribution in [0.3, 0.4) is 0 Å². The lowest BCUT2D eigenvalue weighted by molar-refractivity contribution is -0.278. The highest BCUT2D eigenvalue weighted by Gasteiger charge is 2.46. The lowest BCUT2D eigenvalue weighted by Crippen LogP contribution is -2.60. The number of rotatable bonds is 7. The maximum Gasteiger partial charge on any atom is 0.330 e. The molecule has 43 heavy (non-hydrogen) atoms. The Morgan fingerprint density at radius 1 is 0.837 bits per heavy atom. The average Bonchev–Trinajstić information content (AvgIpc) is 2.97. The van der Waals surface area contributed by atoms with Crippen molar-refractivity contribution in [2.45, 2.75) is 30.7 Å². The van der Waals surface area contributed by atoms with Crippen LogP contribution in [0.1, 0.15) is 5.56 Å². The number of esters is 1. The Morgan fingerprint density at radius 2 is 1.49 bits per heavy atom. The molecule has 1 aliphatic rings. The predicted octanol–water partition coefficient (Wildman–Crippen LogP) is 1.73. The zero-order chi connectivity index (χ0) is 30.8. The lowest BCUT2D eigenvalue weighted by atomic mass is 9.99. The van der Waals surface area contributed by atoms with Gasteiger partial charge in [0.15, 0.2) is 5.76 Å². The minimum atomic E-state index is -1.90. The number of hydrogen-bond donors (Lipinski definition) is 7. The first-order chi connectivity index (χ1) is 20.5. The second-order valence-corrected chi connectivity index (χ2v) is 9.66. The second-order valence-electron chi connectivity index (χ2n) is 9.66. The van der Waals surface area contributed by atoms with Gasteiger partial charge in [-0.25, -0.2) is 4.79 Å². The molecule has 5 rings (SSSR count). The number of fused-ring (bicyclic) bond motifs is 1. The third-order valence-corrected chi connectivity index (χ3v) is 6.64. The van der Waals surface area contributed by atoms with E-state index < -0.39 is 66.0 Å². The van der Waals surface area contributed by atoms with Crippen molar-refractivity contribution in [3.05, 3.63) is 82.5 Å². The number of aliphatic hydroxyl groups is 3. The van der Waals surface area contributed by atoms with Gasteiger partial charge in [0.05, 0.1) is 0 Å². The van der Waals surface area contributed by atoms with Crippen LogP contribution in [-0.4, -0.2) is 79.0 Å². The number of aromatic hydroxyl groups is 4. The van der Waals surface area contributed by atoms with E-state index in [1.807, 2.05) is 0 Å². The molecular weight excluding hydrogens is 568 g/mol. The summed E-state index contributed by atoms with van der Waals surface area (Å²) in [6, 6.07) is 13.4. The number of phenols is 4. The maximum atomic E-state index is 13.5. The molecule has 0 aliphatic carbocycles. The zero-order valence-corrected chi connectivity index (χ0v) is 22.1. The molecule has 5 atom stereocenters. The Morgan fingerprint density at radius 3 is 2.16 bits per heavy atom. The summed E-state index contributed by atoms with van der Waals surface area (Å²) >= 11 is 0. The zero-order valence-electron chi connectivity index (χ0n) is 22.1. The van der Waals surface area contributed by atoms with E-state index in [0.717, 1.165) is 18.2 Å². The normalized spacial score (nSPS) is 22.1. The molecule has 1 aliphatic heterocycles. The first-order valence-electron chi connectivity index (χ1n) is 12.8. The molecule has 1 saturated heterocycles. The van der Waals surface area contributed by atoms with E-state index in [0.29, 0.717) is 5.56 Å². The van der Waals surface area contributed by atoms with Crippen LogP contribution >= 0.6 is 0 Å². The molecule has 0 spiro atoms. The highest BCUT2D eigenvalue weighted by atomic mass is 16.7. The number of ether oxygens (including phenoxy) is 3. The molecule has 0 unspecified atom stereocenters. The van der Waals surface area contributed by atoms with Crippen LogP contribution in [0.4, 0.5) is 0 Å². The molecule has 13 nitrogen and oxygen atoms in total. The third kappa shape index (κ3) is 6.24. The largest absolute Gasteiger partial charge is 0.508 e. The van der Waals surface area contributed by atoms with Gasteiger partial charge in [0.25, 0.3) is 0 Å². The van der Waals surface area contributed by atoms with Gasteiger partial charge < -0.3 is 54.4 Å². The van der Waals surface area contributed by atoms with E-state index in [4.69, 9.17) is 18.6 Å². The van der Waals surface area contributed by atoms with E-state index in [1.54, 1.807) is 12.1 Å². The van der Waals surface area contributed by atoms with E-state index in [9.17, 15) is 45.3 Å². The first kappa shape index (κ1) is 29.4. The highest BCUT2D eigenvalue weighted by Crippen LogP contribution is 2.37. The molecule has 0 amide bonds. The van der Waals surface area contributed by atoms with Gasteiger partial charge in [-0.15, -0.1) is 0 Å². The Balaban J connectivity index is 1.42. The van der Waals surface area contributed by atoms with Crippen molar-refractivity contribution in [1.29, 1.82) is 0 Å². The van der Waals surface area contributed by atoms with Crippen molar-refractivity contribution in [3.63, 3.8) is 0 Å². The molecule has 13 heteroatoms. The molecule has 0 radical (unpaired) electrons. The van der Waals surface area contributed by atoms with Gasteiger partial charge in [-0.05, 0) is 48.0 Å². The summed E-state index contributed by atoms with van der Waals surface area (Å²) in [7, 11) is 0. The van der Waals surface area contributed by atoms with Crippen LogP contribution in [0.2, 0.25) is 0 Å². The number of aliphatic hydroxyl groups excluding tert-OH is 3. The first-order valence-corrected chi connectivity index (χ1v) is 12.8. The smallest absolute Gasteiger partial charge is 0.330 e. The topological polar surface area (TPSA) is 217 Å². The Hall–Kier alpha value is -5.08. The monoisotopic (exact) mass is 594 g/mol. The molecule has 3 aromatic carbocycles. The van der Waals surface area contributed by atoms with Crippen LogP contribution in [0.15, 0.2) is 76.0 Å². The number of carbonyl (C=O) groups excluding carboxylic acids is 1. The fraction of sp³-hybridized carbons (Fsp3) is 0.200. The maximum absolute atomic E-state index is 13.5. The molecule has 0 bridgehead atoms. The molecule has 7 N–H and O–H groups in total. The SMILES string of the molecule is O=C(/C=C/c1ccc(O)cc1)OC[C@H]1O[C@@H](Oc2c(-c3ccc(O)cc3)oc3cc(O)cc(O)c3c2=O)[C@H](O)[C@@H](O)[C@H]1O. The third-order valence-electron chi connectivity index (χ3n) is 6.64. The lowest BCUT2D eigenvalue weighted by Gasteiger charge is -2.39. The number of carbonyl (C=O) groups is 1. The summed E-state index contributed by atoms with van der Waals surface area (Å²) in [4.78, 5) is 25.8. The molecule has 1 aromatic heterocycles.